The third-order valence-corrected chi connectivity index (χ3v) is 3.32. The van der Waals surface area contributed by atoms with Gasteiger partial charge in [0.1, 0.15) is 11.7 Å². The van der Waals surface area contributed by atoms with Crippen molar-refractivity contribution >= 4 is 35.1 Å². The largest absolute Gasteiger partial charge is 0.335 e. The molecule has 7 heteroatoms. The smallest absolute Gasteiger partial charge is 0.277 e. The molecule has 106 valence electrons. The van der Waals surface area contributed by atoms with Crippen LogP contribution in [0.5, 0.6) is 0 Å². The van der Waals surface area contributed by atoms with E-state index in [1.165, 1.54) is 6.07 Å². The van der Waals surface area contributed by atoms with Gasteiger partial charge < -0.3 is 0 Å². The lowest BCUT2D eigenvalue weighted by atomic mass is 9.92. The van der Waals surface area contributed by atoms with Crippen molar-refractivity contribution in [1.29, 1.82) is 0 Å². The molecule has 0 spiro atoms. The molecule has 0 bridgehead atoms. The van der Waals surface area contributed by atoms with Crippen LogP contribution in [-0.2, 0) is 9.59 Å². The molecule has 4 amide bonds. The van der Waals surface area contributed by atoms with Gasteiger partial charge in [0.15, 0.2) is 0 Å². The van der Waals surface area contributed by atoms with Crippen LogP contribution in [0.15, 0.2) is 18.2 Å². The number of nitrogens with zero attached hydrogens (tertiary/aromatic N) is 1. The van der Waals surface area contributed by atoms with E-state index in [9.17, 15) is 18.8 Å². The Morgan fingerprint density at radius 3 is 2.50 bits per heavy atom. The lowest BCUT2D eigenvalue weighted by molar-refractivity contribution is -0.136. The molecule has 5 nitrogen and oxygen atoms in total. The first-order valence-electron chi connectivity index (χ1n) is 5.96. The molecule has 1 aliphatic rings. The molecule has 1 aromatic carbocycles. The highest BCUT2D eigenvalue weighted by Crippen LogP contribution is 2.30. The molecule has 1 N–H and O–H groups in total. The minimum Gasteiger partial charge on any atom is -0.277 e. The fourth-order valence-electron chi connectivity index (χ4n) is 2.07. The molecule has 1 aromatic rings. The Balaban J connectivity index is 2.46. The number of hydrogen-bond acceptors (Lipinski definition) is 3. The average molecular weight is 299 g/mol. The van der Waals surface area contributed by atoms with E-state index in [0.29, 0.717) is 0 Å². The zero-order chi connectivity index (χ0) is 15.0. The van der Waals surface area contributed by atoms with Gasteiger partial charge in [-0.05, 0) is 24.1 Å². The van der Waals surface area contributed by atoms with Crippen molar-refractivity contribution in [2.24, 2.45) is 11.8 Å². The summed E-state index contributed by atoms with van der Waals surface area (Å²) in [7, 11) is 0. The van der Waals surface area contributed by atoms with Crippen LogP contribution < -0.4 is 10.2 Å². The Labute approximate surface area is 119 Å². The van der Waals surface area contributed by atoms with Gasteiger partial charge in [-0.15, -0.1) is 0 Å². The number of anilines is 1. The summed E-state index contributed by atoms with van der Waals surface area (Å²) in [5.41, 5.74) is 0.0497. The number of benzene rings is 1. The van der Waals surface area contributed by atoms with Crippen LogP contribution in [0.3, 0.4) is 0 Å². The highest BCUT2D eigenvalue weighted by Gasteiger charge is 2.43. The number of carbonyl (C=O) groups excluding carboxylic acids is 3. The Morgan fingerprint density at radius 1 is 1.30 bits per heavy atom. The van der Waals surface area contributed by atoms with E-state index in [4.69, 9.17) is 11.6 Å². The van der Waals surface area contributed by atoms with Crippen molar-refractivity contribution in [2.75, 3.05) is 4.90 Å². The first-order chi connectivity index (χ1) is 9.32. The second kappa shape index (κ2) is 5.20. The first kappa shape index (κ1) is 14.5. The van der Waals surface area contributed by atoms with Gasteiger partial charge in [0, 0.05) is 0 Å². The molecule has 1 saturated heterocycles. The summed E-state index contributed by atoms with van der Waals surface area (Å²) in [6, 6.07) is 2.42. The first-order valence-corrected chi connectivity index (χ1v) is 6.34. The lowest BCUT2D eigenvalue weighted by Crippen LogP contribution is -2.59. The Bertz CT molecular complexity index is 603. The second-order valence-electron chi connectivity index (χ2n) is 4.79. The van der Waals surface area contributed by atoms with Gasteiger partial charge in [-0.25, -0.2) is 14.1 Å². The topological polar surface area (TPSA) is 66.5 Å². The number of urea groups is 1. The average Bonchev–Trinajstić information content (AvgIpc) is 2.30. The molecular formula is C13H12ClFN2O3. The van der Waals surface area contributed by atoms with Crippen LogP contribution >= 0.6 is 11.6 Å². The van der Waals surface area contributed by atoms with Crippen molar-refractivity contribution in [2.45, 2.75) is 13.8 Å². The van der Waals surface area contributed by atoms with Crippen LogP contribution in [0.1, 0.15) is 13.8 Å². The Kier molecular flexibility index (Phi) is 3.76. The summed E-state index contributed by atoms with van der Waals surface area (Å²) in [6.07, 6.45) is 0. The molecule has 1 heterocycles. The maximum Gasteiger partial charge on any atom is 0.335 e. The van der Waals surface area contributed by atoms with Crippen LogP contribution in [-0.4, -0.2) is 17.8 Å². The highest BCUT2D eigenvalue weighted by molar-refractivity contribution is 6.36. The maximum absolute atomic E-state index is 13.0. The zero-order valence-corrected chi connectivity index (χ0v) is 11.6. The molecule has 0 aliphatic carbocycles. The predicted molar refractivity (Wildman–Crippen MR) is 70.8 cm³/mol. The quantitative estimate of drug-likeness (QED) is 0.852. The number of hydrogen-bond donors (Lipinski definition) is 1. The molecule has 0 radical (unpaired) electrons. The standard InChI is InChI=1S/C13H12ClFN2O3/c1-6(2)10-11(18)16-13(20)17(12(10)19)9-4-3-7(15)5-8(9)14/h3-6,10H,1-2H3,(H,16,18,20). The Morgan fingerprint density at radius 2 is 1.95 bits per heavy atom. The van der Waals surface area contributed by atoms with Crippen molar-refractivity contribution in [3.05, 3.63) is 29.0 Å². The molecule has 1 fully saturated rings. The van der Waals surface area contributed by atoms with Gasteiger partial charge in [-0.2, -0.15) is 0 Å². The number of halogens is 2. The van der Waals surface area contributed by atoms with Crippen molar-refractivity contribution in [3.63, 3.8) is 0 Å². The molecule has 1 atom stereocenters. The van der Waals surface area contributed by atoms with E-state index in [-0.39, 0.29) is 16.6 Å². The third kappa shape index (κ3) is 2.38. The van der Waals surface area contributed by atoms with Crippen molar-refractivity contribution in [1.82, 2.24) is 5.32 Å². The second-order valence-corrected chi connectivity index (χ2v) is 5.19. The van der Waals surface area contributed by atoms with Gasteiger partial charge in [-0.3, -0.25) is 14.9 Å². The van der Waals surface area contributed by atoms with Crippen molar-refractivity contribution in [3.8, 4) is 0 Å². The highest BCUT2D eigenvalue weighted by atomic mass is 35.5. The van der Waals surface area contributed by atoms with Gasteiger partial charge in [0.05, 0.1) is 10.7 Å². The van der Waals surface area contributed by atoms with Gasteiger partial charge in [0.25, 0.3) is 0 Å². The van der Waals surface area contributed by atoms with Gasteiger partial charge in [-0.1, -0.05) is 25.4 Å². The van der Waals surface area contributed by atoms with Crippen LogP contribution in [0, 0.1) is 17.7 Å². The fourth-order valence-corrected chi connectivity index (χ4v) is 2.32. The molecule has 0 saturated carbocycles. The normalized spacial score (nSPS) is 19.6. The number of rotatable bonds is 2. The maximum atomic E-state index is 13.0. The van der Waals surface area contributed by atoms with Crippen molar-refractivity contribution < 1.29 is 18.8 Å². The summed E-state index contributed by atoms with van der Waals surface area (Å²) in [5.74, 6) is -3.14. The molecule has 1 aliphatic heterocycles. The molecule has 1 unspecified atom stereocenters. The van der Waals surface area contributed by atoms with E-state index in [1.807, 2.05) is 0 Å². The number of nitrogens with one attached hydrogen (secondary N) is 1. The zero-order valence-electron chi connectivity index (χ0n) is 10.8. The molecular weight excluding hydrogens is 287 g/mol. The predicted octanol–water partition coefficient (Wildman–Crippen LogP) is 2.33. The Hall–Kier alpha value is -1.95. The number of amides is 4. The van der Waals surface area contributed by atoms with Crippen LogP contribution in [0.2, 0.25) is 5.02 Å². The van der Waals surface area contributed by atoms with E-state index >= 15 is 0 Å². The summed E-state index contributed by atoms with van der Waals surface area (Å²) in [5, 5.41) is 2.03. The summed E-state index contributed by atoms with van der Waals surface area (Å²) in [6.45, 7) is 3.39. The molecule has 2 rings (SSSR count). The number of imide groups is 2. The lowest BCUT2D eigenvalue weighted by Gasteiger charge is -2.32. The van der Waals surface area contributed by atoms with Gasteiger partial charge in [0.2, 0.25) is 11.8 Å². The number of carbonyl (C=O) groups is 3. The van der Waals surface area contributed by atoms with E-state index in [2.05, 4.69) is 5.32 Å². The van der Waals surface area contributed by atoms with E-state index in [1.54, 1.807) is 13.8 Å². The van der Waals surface area contributed by atoms with Crippen LogP contribution in [0.25, 0.3) is 0 Å². The summed E-state index contributed by atoms with van der Waals surface area (Å²) < 4.78 is 13.0. The fraction of sp³-hybridized carbons (Fsp3) is 0.308. The third-order valence-electron chi connectivity index (χ3n) is 3.02. The monoisotopic (exact) mass is 298 g/mol. The minimum atomic E-state index is -0.978. The van der Waals surface area contributed by atoms with Crippen LogP contribution in [0.4, 0.5) is 14.9 Å². The molecule has 20 heavy (non-hydrogen) atoms. The number of barbiturate groups is 1. The summed E-state index contributed by atoms with van der Waals surface area (Å²) in [4.78, 5) is 36.6. The molecule has 0 aromatic heterocycles. The van der Waals surface area contributed by atoms with Gasteiger partial charge >= 0.3 is 6.03 Å². The van der Waals surface area contributed by atoms with E-state index < -0.39 is 29.6 Å². The SMILES string of the molecule is CC(C)C1C(=O)NC(=O)N(c2ccc(F)cc2Cl)C1=O. The summed E-state index contributed by atoms with van der Waals surface area (Å²) >= 11 is 5.86. The van der Waals surface area contributed by atoms with E-state index in [0.717, 1.165) is 17.0 Å². The minimum absolute atomic E-state index is 0.0497.